The van der Waals surface area contributed by atoms with Gasteiger partial charge in [0.05, 0.1) is 11.3 Å². The SMILES string of the molecule is NC(=O)C1CCN(C(=O)c2ccccc2NC(=O)c2ccc(C(=O)O)o2)CC1. The van der Waals surface area contributed by atoms with Crippen molar-refractivity contribution in [2.45, 2.75) is 12.8 Å². The highest BCUT2D eigenvalue weighted by molar-refractivity contribution is 6.08. The summed E-state index contributed by atoms with van der Waals surface area (Å²) >= 11 is 0. The summed E-state index contributed by atoms with van der Waals surface area (Å²) in [7, 11) is 0. The Kier molecular flexibility index (Phi) is 5.44. The summed E-state index contributed by atoms with van der Waals surface area (Å²) < 4.78 is 4.98. The molecule has 9 nitrogen and oxygen atoms in total. The Labute approximate surface area is 160 Å². The molecule has 1 aliphatic rings. The number of nitrogens with one attached hydrogen (secondary N) is 1. The normalized spacial score (nSPS) is 14.5. The van der Waals surface area contributed by atoms with Gasteiger partial charge in [0.2, 0.25) is 11.7 Å². The zero-order chi connectivity index (χ0) is 20.3. The second-order valence-electron chi connectivity index (χ2n) is 6.44. The van der Waals surface area contributed by atoms with E-state index in [0.717, 1.165) is 0 Å². The highest BCUT2D eigenvalue weighted by atomic mass is 16.4. The van der Waals surface area contributed by atoms with Gasteiger partial charge in [-0.1, -0.05) is 12.1 Å². The number of carbonyl (C=O) groups excluding carboxylic acids is 3. The molecule has 3 amide bonds. The fraction of sp³-hybridized carbons (Fsp3) is 0.263. The van der Waals surface area contributed by atoms with Crippen LogP contribution in [-0.2, 0) is 4.79 Å². The fourth-order valence-electron chi connectivity index (χ4n) is 3.07. The van der Waals surface area contributed by atoms with E-state index in [1.165, 1.54) is 12.1 Å². The number of rotatable bonds is 5. The van der Waals surface area contributed by atoms with E-state index in [1.807, 2.05) is 0 Å². The van der Waals surface area contributed by atoms with Crippen LogP contribution < -0.4 is 11.1 Å². The van der Waals surface area contributed by atoms with Crippen LogP contribution in [0, 0.1) is 5.92 Å². The second kappa shape index (κ2) is 7.95. The molecule has 0 spiro atoms. The highest BCUT2D eigenvalue weighted by Gasteiger charge is 2.28. The number of carboxylic acid groups (broad SMARTS) is 1. The maximum atomic E-state index is 12.9. The molecular formula is C19H19N3O6. The largest absolute Gasteiger partial charge is 0.475 e. The Morgan fingerprint density at radius 3 is 2.29 bits per heavy atom. The van der Waals surface area contributed by atoms with Gasteiger partial charge in [-0.3, -0.25) is 14.4 Å². The number of benzene rings is 1. The first-order valence-corrected chi connectivity index (χ1v) is 8.69. The number of para-hydroxylation sites is 1. The van der Waals surface area contributed by atoms with E-state index >= 15 is 0 Å². The number of hydrogen-bond donors (Lipinski definition) is 3. The Hall–Kier alpha value is -3.62. The lowest BCUT2D eigenvalue weighted by molar-refractivity contribution is -0.123. The molecule has 9 heteroatoms. The number of primary amides is 1. The average molecular weight is 385 g/mol. The van der Waals surface area contributed by atoms with Crippen molar-refractivity contribution < 1.29 is 28.7 Å². The molecule has 3 rings (SSSR count). The van der Waals surface area contributed by atoms with Crippen molar-refractivity contribution in [3.63, 3.8) is 0 Å². The van der Waals surface area contributed by atoms with Crippen LogP contribution in [0.1, 0.15) is 44.3 Å². The van der Waals surface area contributed by atoms with E-state index in [1.54, 1.807) is 29.2 Å². The molecule has 2 aromatic rings. The molecule has 4 N–H and O–H groups in total. The van der Waals surface area contributed by atoms with E-state index in [0.29, 0.717) is 31.5 Å². The van der Waals surface area contributed by atoms with Crippen molar-refractivity contribution >= 4 is 29.4 Å². The van der Waals surface area contributed by atoms with Crippen LogP contribution in [0.3, 0.4) is 0 Å². The third kappa shape index (κ3) is 4.03. The van der Waals surface area contributed by atoms with Gasteiger partial charge in [0.25, 0.3) is 11.8 Å². The van der Waals surface area contributed by atoms with Crippen molar-refractivity contribution in [2.24, 2.45) is 11.7 Å². The third-order valence-electron chi connectivity index (χ3n) is 4.63. The maximum Gasteiger partial charge on any atom is 0.371 e. The summed E-state index contributed by atoms with van der Waals surface area (Å²) in [4.78, 5) is 49.0. The van der Waals surface area contributed by atoms with Crippen molar-refractivity contribution in [1.82, 2.24) is 4.90 Å². The van der Waals surface area contributed by atoms with Crippen LogP contribution in [0.25, 0.3) is 0 Å². The molecule has 1 aromatic heterocycles. The van der Waals surface area contributed by atoms with Crippen molar-refractivity contribution in [3.8, 4) is 0 Å². The lowest BCUT2D eigenvalue weighted by Gasteiger charge is -2.31. The van der Waals surface area contributed by atoms with Crippen LogP contribution in [-0.4, -0.2) is 46.8 Å². The van der Waals surface area contributed by atoms with Gasteiger partial charge in [-0.05, 0) is 37.1 Å². The van der Waals surface area contributed by atoms with Gasteiger partial charge >= 0.3 is 5.97 Å². The first-order valence-electron chi connectivity index (χ1n) is 8.69. The zero-order valence-electron chi connectivity index (χ0n) is 14.9. The predicted molar refractivity (Wildman–Crippen MR) is 97.9 cm³/mol. The Balaban J connectivity index is 1.74. The van der Waals surface area contributed by atoms with Crippen molar-refractivity contribution in [2.75, 3.05) is 18.4 Å². The van der Waals surface area contributed by atoms with Gasteiger partial charge in [0.15, 0.2) is 5.76 Å². The summed E-state index contributed by atoms with van der Waals surface area (Å²) in [6.45, 7) is 0.795. The number of furan rings is 1. The number of carboxylic acids is 1. The van der Waals surface area contributed by atoms with Gasteiger partial charge in [-0.15, -0.1) is 0 Å². The van der Waals surface area contributed by atoms with Crippen LogP contribution in [0.4, 0.5) is 5.69 Å². The molecule has 2 heterocycles. The molecule has 0 aliphatic carbocycles. The first kappa shape index (κ1) is 19.2. The van der Waals surface area contributed by atoms with Gasteiger partial charge in [0, 0.05) is 19.0 Å². The number of nitrogens with two attached hydrogens (primary N) is 1. The first-order chi connectivity index (χ1) is 13.4. The average Bonchev–Trinajstić information content (AvgIpc) is 3.19. The van der Waals surface area contributed by atoms with Crippen LogP contribution >= 0.6 is 0 Å². The molecule has 0 atom stereocenters. The predicted octanol–water partition coefficient (Wildman–Crippen LogP) is 1.57. The number of nitrogens with zero attached hydrogens (tertiary/aromatic N) is 1. The van der Waals surface area contributed by atoms with E-state index in [2.05, 4.69) is 5.32 Å². The molecular weight excluding hydrogens is 366 g/mol. The molecule has 0 bridgehead atoms. The van der Waals surface area contributed by atoms with E-state index < -0.39 is 11.9 Å². The zero-order valence-corrected chi connectivity index (χ0v) is 14.9. The molecule has 0 saturated carbocycles. The van der Waals surface area contributed by atoms with Crippen LogP contribution in [0.15, 0.2) is 40.8 Å². The van der Waals surface area contributed by atoms with Gasteiger partial charge in [-0.2, -0.15) is 0 Å². The van der Waals surface area contributed by atoms with E-state index in [-0.39, 0.29) is 34.9 Å². The smallest absolute Gasteiger partial charge is 0.371 e. The minimum atomic E-state index is -1.28. The van der Waals surface area contributed by atoms with Crippen LogP contribution in [0.2, 0.25) is 0 Å². The topological polar surface area (TPSA) is 143 Å². The monoisotopic (exact) mass is 385 g/mol. The minimum absolute atomic E-state index is 0.179. The number of hydrogen-bond acceptors (Lipinski definition) is 5. The molecule has 1 aromatic carbocycles. The molecule has 0 radical (unpaired) electrons. The van der Waals surface area contributed by atoms with Crippen LogP contribution in [0.5, 0.6) is 0 Å². The molecule has 0 unspecified atom stereocenters. The summed E-state index contributed by atoms with van der Waals surface area (Å²) in [5.41, 5.74) is 5.89. The number of amides is 3. The molecule has 28 heavy (non-hydrogen) atoms. The quantitative estimate of drug-likeness (QED) is 0.713. The van der Waals surface area contributed by atoms with Gasteiger partial charge in [-0.25, -0.2) is 4.79 Å². The highest BCUT2D eigenvalue weighted by Crippen LogP contribution is 2.23. The third-order valence-corrected chi connectivity index (χ3v) is 4.63. The van der Waals surface area contributed by atoms with Gasteiger partial charge in [0.1, 0.15) is 0 Å². The number of carbonyl (C=O) groups is 4. The number of piperidine rings is 1. The van der Waals surface area contributed by atoms with Crippen molar-refractivity contribution in [1.29, 1.82) is 0 Å². The summed E-state index contributed by atoms with van der Waals surface area (Å²) in [5, 5.41) is 11.5. The standard InChI is InChI=1S/C19H19N3O6/c20-16(23)11-7-9-22(10-8-11)18(25)12-3-1-2-4-13(12)21-17(24)14-5-6-15(28-14)19(26)27/h1-6,11H,7-10H2,(H2,20,23)(H,21,24)(H,26,27). The van der Waals surface area contributed by atoms with E-state index in [9.17, 15) is 19.2 Å². The lowest BCUT2D eigenvalue weighted by atomic mass is 9.95. The fourth-order valence-corrected chi connectivity index (χ4v) is 3.07. The number of aromatic carboxylic acids is 1. The Morgan fingerprint density at radius 1 is 1.04 bits per heavy atom. The maximum absolute atomic E-state index is 12.9. The number of likely N-dealkylation sites (tertiary alicyclic amines) is 1. The number of anilines is 1. The summed E-state index contributed by atoms with van der Waals surface area (Å²) in [6.07, 6.45) is 1.000. The Bertz CT molecular complexity index is 927. The molecule has 1 fully saturated rings. The van der Waals surface area contributed by atoms with Crippen molar-refractivity contribution in [3.05, 3.63) is 53.5 Å². The van der Waals surface area contributed by atoms with Gasteiger partial charge < -0.3 is 25.5 Å². The van der Waals surface area contributed by atoms with E-state index in [4.69, 9.17) is 15.3 Å². The molecule has 1 aliphatic heterocycles. The lowest BCUT2D eigenvalue weighted by Crippen LogP contribution is -2.42. The Morgan fingerprint density at radius 2 is 1.68 bits per heavy atom. The molecule has 146 valence electrons. The summed E-state index contributed by atoms with van der Waals surface area (Å²) in [5.74, 6) is -3.35. The second-order valence-corrected chi connectivity index (χ2v) is 6.44. The minimum Gasteiger partial charge on any atom is -0.475 e. The summed E-state index contributed by atoms with van der Waals surface area (Å²) in [6, 6.07) is 8.92. The molecule has 1 saturated heterocycles.